The van der Waals surface area contributed by atoms with Crippen molar-refractivity contribution in [3.05, 3.63) is 35.4 Å². The monoisotopic (exact) mass is 217 g/mol. The fraction of sp³-hybridized carbons (Fsp3) is 0.600. The van der Waals surface area contributed by atoms with E-state index in [1.54, 1.807) is 5.56 Å². The van der Waals surface area contributed by atoms with Gasteiger partial charge in [0.1, 0.15) is 0 Å². The van der Waals surface area contributed by atoms with Gasteiger partial charge < -0.3 is 5.32 Å². The SMILES string of the molecule is CNCCC1(c2ccc(C)cc2)CCCC1. The van der Waals surface area contributed by atoms with Crippen molar-refractivity contribution in [1.82, 2.24) is 5.32 Å². The van der Waals surface area contributed by atoms with Crippen molar-refractivity contribution in [3.8, 4) is 0 Å². The first-order valence-electron chi connectivity index (χ1n) is 6.49. The molecule has 1 aliphatic carbocycles. The number of benzene rings is 1. The van der Waals surface area contributed by atoms with E-state index in [9.17, 15) is 0 Å². The molecule has 0 aliphatic heterocycles. The largest absolute Gasteiger partial charge is 0.320 e. The molecule has 0 radical (unpaired) electrons. The van der Waals surface area contributed by atoms with E-state index in [0.717, 1.165) is 6.54 Å². The van der Waals surface area contributed by atoms with Crippen molar-refractivity contribution in [2.75, 3.05) is 13.6 Å². The minimum Gasteiger partial charge on any atom is -0.320 e. The maximum Gasteiger partial charge on any atom is -0.00349 e. The van der Waals surface area contributed by atoms with Gasteiger partial charge in [0.2, 0.25) is 0 Å². The smallest absolute Gasteiger partial charge is 0.00349 e. The Morgan fingerprint density at radius 3 is 2.31 bits per heavy atom. The average molecular weight is 217 g/mol. The highest BCUT2D eigenvalue weighted by Crippen LogP contribution is 2.43. The van der Waals surface area contributed by atoms with E-state index in [1.807, 2.05) is 0 Å². The molecule has 0 aromatic heterocycles. The molecule has 0 spiro atoms. The van der Waals surface area contributed by atoms with E-state index >= 15 is 0 Å². The van der Waals surface area contributed by atoms with Gasteiger partial charge in [-0.15, -0.1) is 0 Å². The summed E-state index contributed by atoms with van der Waals surface area (Å²) in [5, 5.41) is 3.30. The molecule has 0 atom stereocenters. The molecule has 1 aliphatic rings. The quantitative estimate of drug-likeness (QED) is 0.815. The van der Waals surface area contributed by atoms with Gasteiger partial charge in [-0.05, 0) is 50.8 Å². The van der Waals surface area contributed by atoms with Crippen LogP contribution >= 0.6 is 0 Å². The molecule has 16 heavy (non-hydrogen) atoms. The highest BCUT2D eigenvalue weighted by Gasteiger charge is 2.34. The van der Waals surface area contributed by atoms with Gasteiger partial charge in [0.05, 0.1) is 0 Å². The molecule has 0 amide bonds. The van der Waals surface area contributed by atoms with Gasteiger partial charge in [-0.25, -0.2) is 0 Å². The summed E-state index contributed by atoms with van der Waals surface area (Å²) in [6, 6.07) is 9.20. The fourth-order valence-electron chi connectivity index (χ4n) is 3.01. The number of nitrogens with one attached hydrogen (secondary N) is 1. The lowest BCUT2D eigenvalue weighted by atomic mass is 9.76. The van der Waals surface area contributed by atoms with Crippen LogP contribution in [0.1, 0.15) is 43.2 Å². The second-order valence-electron chi connectivity index (χ2n) is 5.21. The van der Waals surface area contributed by atoms with E-state index in [4.69, 9.17) is 0 Å². The van der Waals surface area contributed by atoms with Gasteiger partial charge in [-0.3, -0.25) is 0 Å². The molecule has 1 N–H and O–H groups in total. The molecule has 1 heteroatoms. The zero-order chi connectivity index (χ0) is 11.4. The van der Waals surface area contributed by atoms with Crippen molar-refractivity contribution in [2.24, 2.45) is 0 Å². The van der Waals surface area contributed by atoms with Crippen LogP contribution in [0.25, 0.3) is 0 Å². The molecule has 0 saturated heterocycles. The van der Waals surface area contributed by atoms with Crippen molar-refractivity contribution < 1.29 is 0 Å². The van der Waals surface area contributed by atoms with Gasteiger partial charge in [0.15, 0.2) is 0 Å². The molecule has 1 saturated carbocycles. The summed E-state index contributed by atoms with van der Waals surface area (Å²) in [7, 11) is 2.05. The van der Waals surface area contributed by atoms with Crippen LogP contribution in [-0.4, -0.2) is 13.6 Å². The first-order chi connectivity index (χ1) is 7.77. The Labute approximate surface area is 99.3 Å². The lowest BCUT2D eigenvalue weighted by molar-refractivity contribution is 0.399. The Kier molecular flexibility index (Phi) is 3.65. The van der Waals surface area contributed by atoms with Gasteiger partial charge in [-0.2, -0.15) is 0 Å². The Balaban J connectivity index is 2.21. The van der Waals surface area contributed by atoms with Crippen LogP contribution in [0.3, 0.4) is 0 Å². The Morgan fingerprint density at radius 2 is 1.75 bits per heavy atom. The predicted octanol–water partition coefficient (Wildman–Crippen LogP) is 3.42. The third-order valence-corrected chi connectivity index (χ3v) is 4.08. The van der Waals surface area contributed by atoms with Crippen molar-refractivity contribution in [1.29, 1.82) is 0 Å². The molecule has 1 fully saturated rings. The molecule has 0 unspecified atom stereocenters. The van der Waals surface area contributed by atoms with Crippen LogP contribution in [0.2, 0.25) is 0 Å². The summed E-state index contributed by atoms with van der Waals surface area (Å²) in [5.41, 5.74) is 3.40. The summed E-state index contributed by atoms with van der Waals surface area (Å²) in [5.74, 6) is 0. The molecule has 1 nitrogen and oxygen atoms in total. The van der Waals surface area contributed by atoms with E-state index < -0.39 is 0 Å². The van der Waals surface area contributed by atoms with Crippen LogP contribution in [0.5, 0.6) is 0 Å². The fourth-order valence-corrected chi connectivity index (χ4v) is 3.01. The minimum absolute atomic E-state index is 0.469. The predicted molar refractivity (Wildman–Crippen MR) is 69.9 cm³/mol. The standard InChI is InChI=1S/C15H23N/c1-13-5-7-14(8-6-13)15(11-12-16-2)9-3-4-10-15/h5-8,16H,3-4,9-12H2,1-2H3. The first kappa shape index (κ1) is 11.7. The minimum atomic E-state index is 0.469. The summed E-state index contributed by atoms with van der Waals surface area (Å²) in [6.45, 7) is 3.30. The van der Waals surface area contributed by atoms with E-state index in [1.165, 1.54) is 37.7 Å². The lowest BCUT2D eigenvalue weighted by Crippen LogP contribution is -2.27. The van der Waals surface area contributed by atoms with Crippen LogP contribution < -0.4 is 5.32 Å². The summed E-state index contributed by atoms with van der Waals surface area (Å²) < 4.78 is 0. The second kappa shape index (κ2) is 5.01. The molecule has 1 aromatic rings. The zero-order valence-corrected chi connectivity index (χ0v) is 10.6. The second-order valence-corrected chi connectivity index (χ2v) is 5.21. The average Bonchev–Trinajstić information content (AvgIpc) is 2.77. The highest BCUT2D eigenvalue weighted by atomic mass is 14.8. The van der Waals surface area contributed by atoms with E-state index in [-0.39, 0.29) is 0 Å². The normalized spacial score (nSPS) is 18.9. The van der Waals surface area contributed by atoms with Gasteiger partial charge in [0.25, 0.3) is 0 Å². The summed E-state index contributed by atoms with van der Waals surface area (Å²) in [6.07, 6.45) is 6.83. The topological polar surface area (TPSA) is 12.0 Å². The maximum absolute atomic E-state index is 3.30. The Morgan fingerprint density at radius 1 is 1.12 bits per heavy atom. The maximum atomic E-state index is 3.30. The van der Waals surface area contributed by atoms with Crippen molar-refractivity contribution in [3.63, 3.8) is 0 Å². The van der Waals surface area contributed by atoms with Gasteiger partial charge in [-0.1, -0.05) is 42.7 Å². The first-order valence-corrected chi connectivity index (χ1v) is 6.49. The van der Waals surface area contributed by atoms with E-state index in [2.05, 4.69) is 43.6 Å². The van der Waals surface area contributed by atoms with Crippen LogP contribution in [-0.2, 0) is 5.41 Å². The molecule has 88 valence electrons. The molecular weight excluding hydrogens is 194 g/mol. The molecule has 2 rings (SSSR count). The van der Waals surface area contributed by atoms with E-state index in [0.29, 0.717) is 5.41 Å². The Bertz CT molecular complexity index is 320. The third kappa shape index (κ3) is 2.30. The van der Waals surface area contributed by atoms with Crippen molar-refractivity contribution >= 4 is 0 Å². The summed E-state index contributed by atoms with van der Waals surface area (Å²) in [4.78, 5) is 0. The van der Waals surface area contributed by atoms with Gasteiger partial charge >= 0.3 is 0 Å². The Hall–Kier alpha value is -0.820. The number of hydrogen-bond acceptors (Lipinski definition) is 1. The molecule has 0 heterocycles. The van der Waals surface area contributed by atoms with Crippen LogP contribution in [0, 0.1) is 6.92 Å². The van der Waals surface area contributed by atoms with Crippen LogP contribution in [0.15, 0.2) is 24.3 Å². The summed E-state index contributed by atoms with van der Waals surface area (Å²) >= 11 is 0. The van der Waals surface area contributed by atoms with Crippen molar-refractivity contribution in [2.45, 2.75) is 44.4 Å². The molecular formula is C15H23N. The number of rotatable bonds is 4. The number of aryl methyl sites for hydroxylation is 1. The molecule has 1 aromatic carbocycles. The third-order valence-electron chi connectivity index (χ3n) is 4.08. The molecule has 0 bridgehead atoms. The van der Waals surface area contributed by atoms with Crippen LogP contribution in [0.4, 0.5) is 0 Å². The number of hydrogen-bond donors (Lipinski definition) is 1. The van der Waals surface area contributed by atoms with Gasteiger partial charge in [0, 0.05) is 0 Å². The highest BCUT2D eigenvalue weighted by molar-refractivity contribution is 5.29. The lowest BCUT2D eigenvalue weighted by Gasteiger charge is -2.30. The zero-order valence-electron chi connectivity index (χ0n) is 10.6.